The summed E-state index contributed by atoms with van der Waals surface area (Å²) in [6.45, 7) is 3.83. The maximum atomic E-state index is 14.9. The van der Waals surface area contributed by atoms with E-state index in [2.05, 4.69) is 52.5 Å². The molecule has 0 aromatic rings. The Morgan fingerprint density at radius 2 is 0.865 bits per heavy atom. The lowest BCUT2D eigenvalue weighted by Gasteiger charge is -2.35. The number of carbonyl (C=O) groups excluding carboxylic acids is 11. The van der Waals surface area contributed by atoms with Gasteiger partial charge in [-0.1, -0.05) is 20.3 Å². The van der Waals surface area contributed by atoms with E-state index in [1.165, 1.54) is 14.7 Å². The normalized spacial score (nSPS) is 21.7. The number of nitrogens with one attached hydrogen (secondary N) is 8. The highest BCUT2D eigenvalue weighted by Crippen LogP contribution is 2.29. The summed E-state index contributed by atoms with van der Waals surface area (Å²) in [6, 6.07) is -14.2. The molecular weight excluding hydrogens is 1250 g/mol. The van der Waals surface area contributed by atoms with Crippen LogP contribution in [0.2, 0.25) is 0 Å². The van der Waals surface area contributed by atoms with Gasteiger partial charge in [-0.3, -0.25) is 62.7 Å². The van der Waals surface area contributed by atoms with Crippen molar-refractivity contribution in [1.29, 1.82) is 0 Å². The molecule has 96 heavy (non-hydrogen) atoms. The zero-order chi connectivity index (χ0) is 70.6. The molecule has 0 aromatic heterocycles. The summed E-state index contributed by atoms with van der Waals surface area (Å²) in [7, 11) is 0. The molecule has 5 fully saturated rings. The lowest BCUT2D eigenvalue weighted by Crippen LogP contribution is -2.61. The molecule has 13 atom stereocenters. The molecule has 5 heterocycles. The van der Waals surface area contributed by atoms with Crippen molar-refractivity contribution in [2.24, 2.45) is 50.3 Å². The van der Waals surface area contributed by atoms with Crippen molar-refractivity contribution in [3.05, 3.63) is 0 Å². The lowest BCUT2D eigenvalue weighted by atomic mass is 9.96. The summed E-state index contributed by atoms with van der Waals surface area (Å²) in [4.78, 5) is 182. The van der Waals surface area contributed by atoms with Gasteiger partial charge in [0.25, 0.3) is 0 Å². The molecule has 0 spiro atoms. The standard InChI is InChI=1S/C61H106N20O15/c1-3-35(2)47(77-50(86)38(18-9-28-70-61(66)67)73-52(88)43-20-11-29-78(43)55(91)39-19-10-26-68-39)58(94)81-32-14-23-46(81)57(93)80-31-13-22-45(80)54(90)74-40(16-5-7-25-63)56(92)79-30-12-21-44(79)53(89)72-36(15-4-6-24-62)48(84)75-41(33-82)51(87)71-37(17-8-27-69-60(64)65)49(85)76-42(34-83)59(95)96/h35-47,68,82-83H,3-34,62-63H2,1-2H3,(H,71,87)(H,72,89)(H,73,88)(H,74,90)(H,75,84)(H,76,85)(H,77,86)(H,95,96)(H4,64,65,69)(H4,66,67,70)/t35-,36-,37-,38-,39-,40-,41-,42-,43-,44-,45-,46-,47-/m0/s1. The van der Waals surface area contributed by atoms with Gasteiger partial charge in [0.15, 0.2) is 11.9 Å². The molecule has 0 saturated carbocycles. The van der Waals surface area contributed by atoms with Crippen LogP contribution in [0.5, 0.6) is 0 Å². The van der Waals surface area contributed by atoms with Crippen LogP contribution in [0, 0.1) is 5.92 Å². The van der Waals surface area contributed by atoms with Crippen LogP contribution < -0.4 is 76.9 Å². The molecule has 540 valence electrons. The predicted molar refractivity (Wildman–Crippen MR) is 350 cm³/mol. The number of hydrogen-bond acceptors (Lipinski definition) is 19. The molecule has 0 unspecified atom stereocenters. The fourth-order valence-electron chi connectivity index (χ4n) is 12.9. The van der Waals surface area contributed by atoms with Gasteiger partial charge in [0.1, 0.15) is 66.5 Å². The van der Waals surface area contributed by atoms with E-state index < -0.39 is 157 Å². The number of likely N-dealkylation sites (tertiary alicyclic amines) is 4. The average molecular weight is 1360 g/mol. The van der Waals surface area contributed by atoms with Gasteiger partial charge in [-0.2, -0.15) is 0 Å². The van der Waals surface area contributed by atoms with Gasteiger partial charge in [0, 0.05) is 39.3 Å². The third kappa shape index (κ3) is 22.8. The molecule has 5 rings (SSSR count). The van der Waals surface area contributed by atoms with E-state index >= 15 is 0 Å². The second-order valence-corrected chi connectivity index (χ2v) is 25.3. The van der Waals surface area contributed by atoms with E-state index in [4.69, 9.17) is 34.4 Å². The number of nitrogens with zero attached hydrogens (tertiary/aromatic N) is 6. The number of aliphatic hydroxyl groups is 2. The Morgan fingerprint density at radius 1 is 0.469 bits per heavy atom. The number of carbonyl (C=O) groups is 12. The maximum absolute atomic E-state index is 14.9. The topological polar surface area (TPSA) is 556 Å². The average Bonchev–Trinajstić information content (AvgIpc) is 1.21. The van der Waals surface area contributed by atoms with Crippen LogP contribution in [-0.2, 0) is 57.5 Å². The van der Waals surface area contributed by atoms with Crippen molar-refractivity contribution < 1.29 is 72.9 Å². The van der Waals surface area contributed by atoms with E-state index in [-0.39, 0.29) is 121 Å². The van der Waals surface area contributed by atoms with E-state index in [0.29, 0.717) is 83.7 Å². The van der Waals surface area contributed by atoms with E-state index in [0.717, 1.165) is 6.42 Å². The largest absolute Gasteiger partial charge is 0.480 e. The zero-order valence-corrected chi connectivity index (χ0v) is 55.5. The highest BCUT2D eigenvalue weighted by molar-refractivity contribution is 6.00. The Balaban J connectivity index is 1.28. The second kappa shape index (κ2) is 39.9. The Labute approximate surface area is 559 Å². The van der Waals surface area contributed by atoms with Gasteiger partial charge < -0.3 is 112 Å². The minimum Gasteiger partial charge on any atom is -0.480 e. The number of carboxylic acids is 1. The first-order valence-corrected chi connectivity index (χ1v) is 33.9. The van der Waals surface area contributed by atoms with Gasteiger partial charge in [-0.05, 0) is 154 Å². The van der Waals surface area contributed by atoms with Gasteiger partial charge in [-0.15, -0.1) is 0 Å². The number of carboxylic acid groups (broad SMARTS) is 1. The number of nitrogens with two attached hydrogens (primary N) is 6. The van der Waals surface area contributed by atoms with Gasteiger partial charge in [0.05, 0.1) is 19.3 Å². The van der Waals surface area contributed by atoms with Crippen LogP contribution >= 0.6 is 0 Å². The molecule has 0 bridgehead atoms. The van der Waals surface area contributed by atoms with Crippen molar-refractivity contribution in [2.75, 3.05) is 72.1 Å². The molecule has 0 radical (unpaired) electrons. The van der Waals surface area contributed by atoms with Crippen molar-refractivity contribution in [3.8, 4) is 0 Å². The number of aliphatic carboxylic acids is 1. The van der Waals surface area contributed by atoms with E-state index in [9.17, 15) is 72.9 Å². The third-order valence-corrected chi connectivity index (χ3v) is 18.4. The molecular formula is C61H106N20O15. The minimum atomic E-state index is -1.73. The third-order valence-electron chi connectivity index (χ3n) is 18.4. The summed E-state index contributed by atoms with van der Waals surface area (Å²) in [5.41, 5.74) is 33.6. The predicted octanol–water partition coefficient (Wildman–Crippen LogP) is -6.42. The van der Waals surface area contributed by atoms with Gasteiger partial charge in [0.2, 0.25) is 65.0 Å². The van der Waals surface area contributed by atoms with Crippen molar-refractivity contribution in [2.45, 2.75) is 221 Å². The number of aliphatic imine (C=N–C) groups is 2. The molecule has 0 aliphatic carbocycles. The van der Waals surface area contributed by atoms with Crippen LogP contribution in [0.3, 0.4) is 0 Å². The van der Waals surface area contributed by atoms with Crippen molar-refractivity contribution in [1.82, 2.24) is 62.1 Å². The molecule has 35 heteroatoms. The van der Waals surface area contributed by atoms with Crippen molar-refractivity contribution in [3.63, 3.8) is 0 Å². The molecule has 23 N–H and O–H groups in total. The molecule has 0 aromatic carbocycles. The molecule has 5 aliphatic heterocycles. The number of guanidine groups is 2. The first-order valence-electron chi connectivity index (χ1n) is 33.9. The summed E-state index contributed by atoms with van der Waals surface area (Å²) < 4.78 is 0. The summed E-state index contributed by atoms with van der Waals surface area (Å²) in [5, 5.41) is 50.8. The smallest absolute Gasteiger partial charge is 0.328 e. The Bertz CT molecular complexity index is 2730. The van der Waals surface area contributed by atoms with Crippen molar-refractivity contribution >= 4 is 82.9 Å². The highest BCUT2D eigenvalue weighted by Gasteiger charge is 2.47. The number of amides is 11. The Hall–Kier alpha value is -8.02. The lowest BCUT2D eigenvalue weighted by molar-refractivity contribution is -0.149. The van der Waals surface area contributed by atoms with Crippen LogP contribution in [0.4, 0.5) is 0 Å². The molecule has 5 saturated heterocycles. The number of aliphatic hydroxyl groups excluding tert-OH is 2. The summed E-state index contributed by atoms with van der Waals surface area (Å²) >= 11 is 0. The van der Waals surface area contributed by atoms with Crippen LogP contribution in [0.15, 0.2) is 9.98 Å². The first kappa shape index (κ1) is 78.7. The fourth-order valence-corrected chi connectivity index (χ4v) is 12.9. The van der Waals surface area contributed by atoms with E-state index in [1.807, 2.05) is 6.92 Å². The van der Waals surface area contributed by atoms with Crippen LogP contribution in [0.25, 0.3) is 0 Å². The second-order valence-electron chi connectivity index (χ2n) is 25.3. The molecule has 11 amide bonds. The minimum absolute atomic E-state index is 0.00622. The summed E-state index contributed by atoms with van der Waals surface area (Å²) in [6.07, 6.45) is 6.79. The monoisotopic (exact) mass is 1360 g/mol. The number of hydrogen-bond donors (Lipinski definition) is 17. The zero-order valence-electron chi connectivity index (χ0n) is 55.5. The van der Waals surface area contributed by atoms with E-state index in [1.54, 1.807) is 11.8 Å². The fraction of sp³-hybridized carbons (Fsp3) is 0.770. The molecule has 5 aliphatic rings. The Kier molecular flexibility index (Phi) is 32.7. The first-order chi connectivity index (χ1) is 45.9. The van der Waals surface area contributed by atoms with Gasteiger partial charge >= 0.3 is 5.97 Å². The SMILES string of the molecule is CC[C@H](C)[C@H](NC(=O)[C@H](CCCN=C(N)N)NC(=O)[C@@H]1CCCN1C(=O)[C@@H]1CCCN1)C(=O)N1CCC[C@H]1C(=O)N1CCC[C@H]1C(=O)N[C@@H](CCCCN)C(=O)N1CCC[C@H]1C(=O)N[C@@H](CCCCN)C(=O)N[C@@H](CO)C(=O)N[C@@H](CCCN=C(N)N)C(=O)N[C@@H](CO)C(=O)O. The maximum Gasteiger partial charge on any atom is 0.328 e. The quantitative estimate of drug-likeness (QED) is 0.0155. The number of rotatable bonds is 39. The Morgan fingerprint density at radius 3 is 1.32 bits per heavy atom. The van der Waals surface area contributed by atoms with Crippen LogP contribution in [-0.4, -0.2) is 262 Å². The number of unbranched alkanes of at least 4 members (excludes halogenated alkanes) is 2. The summed E-state index contributed by atoms with van der Waals surface area (Å²) in [5.74, 6) is -9.71. The van der Waals surface area contributed by atoms with Crippen LogP contribution in [0.1, 0.15) is 149 Å². The molecule has 35 nitrogen and oxygen atoms in total. The highest BCUT2D eigenvalue weighted by atomic mass is 16.4. The van der Waals surface area contributed by atoms with Gasteiger partial charge in [-0.25, -0.2) is 4.79 Å².